The van der Waals surface area contributed by atoms with Crippen LogP contribution in [-0.4, -0.2) is 15.8 Å². The quantitative estimate of drug-likeness (QED) is 0.822. The van der Waals surface area contributed by atoms with E-state index in [1.54, 1.807) is 0 Å². The monoisotopic (exact) mass is 207 g/mol. The number of hydrogen-bond acceptors (Lipinski definition) is 2. The van der Waals surface area contributed by atoms with Crippen molar-refractivity contribution in [2.24, 2.45) is 18.2 Å². The van der Waals surface area contributed by atoms with Gasteiger partial charge in [0.15, 0.2) is 0 Å². The van der Waals surface area contributed by atoms with Crippen LogP contribution in [0, 0.1) is 5.41 Å². The van der Waals surface area contributed by atoms with Crippen molar-refractivity contribution < 1.29 is 0 Å². The molecule has 2 N–H and O–H groups in total. The zero-order valence-electron chi connectivity index (χ0n) is 9.74. The molecule has 1 aliphatic carbocycles. The Hall–Kier alpha value is -0.830. The zero-order valence-corrected chi connectivity index (χ0v) is 9.74. The average Bonchev–Trinajstić information content (AvgIpc) is 2.76. The first-order valence-electron chi connectivity index (χ1n) is 5.83. The highest BCUT2D eigenvalue weighted by molar-refractivity contribution is 5.08. The molecule has 15 heavy (non-hydrogen) atoms. The van der Waals surface area contributed by atoms with Gasteiger partial charge < -0.3 is 5.73 Å². The van der Waals surface area contributed by atoms with Gasteiger partial charge in [-0.2, -0.15) is 5.10 Å². The standard InChI is InChI=1S/C12H21N3/c1-12(5-3-4-6-12)11(13)7-10-8-14-15(2)9-10/h8-9,11H,3-7,13H2,1-2H3. The number of nitrogens with zero attached hydrogens (tertiary/aromatic N) is 2. The lowest BCUT2D eigenvalue weighted by atomic mass is 9.79. The molecule has 1 aliphatic rings. The first-order valence-corrected chi connectivity index (χ1v) is 5.83. The van der Waals surface area contributed by atoms with Gasteiger partial charge in [-0.15, -0.1) is 0 Å². The minimum atomic E-state index is 0.282. The molecule has 1 saturated carbocycles. The summed E-state index contributed by atoms with van der Waals surface area (Å²) in [6, 6.07) is 0.282. The summed E-state index contributed by atoms with van der Waals surface area (Å²) < 4.78 is 1.85. The highest BCUT2D eigenvalue weighted by atomic mass is 15.2. The summed E-state index contributed by atoms with van der Waals surface area (Å²) in [5, 5.41) is 4.18. The molecule has 0 aromatic carbocycles. The Kier molecular flexibility index (Phi) is 2.83. The fourth-order valence-electron chi connectivity index (χ4n) is 2.63. The predicted molar refractivity (Wildman–Crippen MR) is 61.5 cm³/mol. The van der Waals surface area contributed by atoms with E-state index in [4.69, 9.17) is 5.73 Å². The summed E-state index contributed by atoms with van der Waals surface area (Å²) in [5.41, 5.74) is 7.94. The molecule has 1 atom stereocenters. The summed E-state index contributed by atoms with van der Waals surface area (Å²) >= 11 is 0. The summed E-state index contributed by atoms with van der Waals surface area (Å²) in [5.74, 6) is 0. The molecule has 0 aliphatic heterocycles. The van der Waals surface area contributed by atoms with Crippen molar-refractivity contribution in [3.63, 3.8) is 0 Å². The highest BCUT2D eigenvalue weighted by Crippen LogP contribution is 2.40. The lowest BCUT2D eigenvalue weighted by Gasteiger charge is -2.30. The van der Waals surface area contributed by atoms with E-state index in [-0.39, 0.29) is 6.04 Å². The molecular weight excluding hydrogens is 186 g/mol. The lowest BCUT2D eigenvalue weighted by molar-refractivity contribution is 0.260. The van der Waals surface area contributed by atoms with E-state index in [0.29, 0.717) is 5.41 Å². The van der Waals surface area contributed by atoms with Crippen LogP contribution in [0.25, 0.3) is 0 Å². The van der Waals surface area contributed by atoms with E-state index < -0.39 is 0 Å². The largest absolute Gasteiger partial charge is 0.327 e. The predicted octanol–water partition coefficient (Wildman–Crippen LogP) is 1.87. The van der Waals surface area contributed by atoms with Gasteiger partial charge in [-0.25, -0.2) is 0 Å². The second-order valence-electron chi connectivity index (χ2n) is 5.19. The lowest BCUT2D eigenvalue weighted by Crippen LogP contribution is -2.39. The van der Waals surface area contributed by atoms with Crippen molar-refractivity contribution in [1.82, 2.24) is 9.78 Å². The van der Waals surface area contributed by atoms with E-state index in [2.05, 4.69) is 18.2 Å². The average molecular weight is 207 g/mol. The van der Waals surface area contributed by atoms with Crippen LogP contribution in [-0.2, 0) is 13.5 Å². The number of aromatic nitrogens is 2. The van der Waals surface area contributed by atoms with E-state index in [1.165, 1.54) is 31.2 Å². The maximum absolute atomic E-state index is 6.32. The van der Waals surface area contributed by atoms with Crippen LogP contribution in [0.15, 0.2) is 12.4 Å². The second kappa shape index (κ2) is 3.97. The van der Waals surface area contributed by atoms with Gasteiger partial charge in [-0.3, -0.25) is 4.68 Å². The number of hydrogen-bond donors (Lipinski definition) is 1. The van der Waals surface area contributed by atoms with Gasteiger partial charge in [0, 0.05) is 19.3 Å². The van der Waals surface area contributed by atoms with E-state index >= 15 is 0 Å². The SMILES string of the molecule is Cn1cc(CC(N)C2(C)CCCC2)cn1. The summed E-state index contributed by atoms with van der Waals surface area (Å²) in [6.45, 7) is 2.33. The minimum Gasteiger partial charge on any atom is -0.327 e. The van der Waals surface area contributed by atoms with Crippen molar-refractivity contribution in [2.75, 3.05) is 0 Å². The zero-order chi connectivity index (χ0) is 10.9. The van der Waals surface area contributed by atoms with Gasteiger partial charge in [0.1, 0.15) is 0 Å². The molecule has 2 rings (SSSR count). The molecule has 1 aromatic heterocycles. The summed E-state index contributed by atoms with van der Waals surface area (Å²) in [7, 11) is 1.95. The molecule has 1 aromatic rings. The van der Waals surface area contributed by atoms with Gasteiger partial charge in [-0.05, 0) is 30.2 Å². The van der Waals surface area contributed by atoms with Gasteiger partial charge in [0.05, 0.1) is 6.20 Å². The maximum atomic E-state index is 6.32. The molecule has 3 heteroatoms. The van der Waals surface area contributed by atoms with Crippen LogP contribution < -0.4 is 5.73 Å². The third kappa shape index (κ3) is 2.23. The van der Waals surface area contributed by atoms with Crippen LogP contribution in [0.4, 0.5) is 0 Å². The Bertz CT molecular complexity index is 323. The summed E-state index contributed by atoms with van der Waals surface area (Å²) in [4.78, 5) is 0. The molecule has 0 bridgehead atoms. The third-order valence-electron chi connectivity index (χ3n) is 3.85. The molecular formula is C12H21N3. The molecule has 0 saturated heterocycles. The second-order valence-corrected chi connectivity index (χ2v) is 5.19. The summed E-state index contributed by atoms with van der Waals surface area (Å²) in [6.07, 6.45) is 10.2. The van der Waals surface area contributed by atoms with Crippen molar-refractivity contribution in [1.29, 1.82) is 0 Å². The van der Waals surface area contributed by atoms with Crippen molar-refractivity contribution >= 4 is 0 Å². The molecule has 0 amide bonds. The van der Waals surface area contributed by atoms with Gasteiger partial charge in [-0.1, -0.05) is 19.8 Å². The smallest absolute Gasteiger partial charge is 0.0522 e. The molecule has 0 spiro atoms. The third-order valence-corrected chi connectivity index (χ3v) is 3.85. The Morgan fingerprint density at radius 3 is 2.73 bits per heavy atom. The van der Waals surface area contributed by atoms with E-state index in [0.717, 1.165) is 6.42 Å². The van der Waals surface area contributed by atoms with Crippen LogP contribution >= 0.6 is 0 Å². The van der Waals surface area contributed by atoms with Crippen molar-refractivity contribution in [2.45, 2.75) is 45.1 Å². The maximum Gasteiger partial charge on any atom is 0.0522 e. The Balaban J connectivity index is 1.99. The topological polar surface area (TPSA) is 43.8 Å². The molecule has 0 radical (unpaired) electrons. The van der Waals surface area contributed by atoms with Crippen LogP contribution in [0.2, 0.25) is 0 Å². The normalized spacial score (nSPS) is 21.8. The minimum absolute atomic E-state index is 0.282. The molecule has 1 fully saturated rings. The number of rotatable bonds is 3. The van der Waals surface area contributed by atoms with Crippen LogP contribution in [0.5, 0.6) is 0 Å². The molecule has 3 nitrogen and oxygen atoms in total. The number of aryl methyl sites for hydroxylation is 1. The van der Waals surface area contributed by atoms with Crippen LogP contribution in [0.3, 0.4) is 0 Å². The molecule has 84 valence electrons. The van der Waals surface area contributed by atoms with Crippen molar-refractivity contribution in [3.05, 3.63) is 18.0 Å². The van der Waals surface area contributed by atoms with Gasteiger partial charge >= 0.3 is 0 Å². The van der Waals surface area contributed by atoms with E-state index in [9.17, 15) is 0 Å². The first-order chi connectivity index (χ1) is 7.10. The van der Waals surface area contributed by atoms with Gasteiger partial charge in [0.2, 0.25) is 0 Å². The van der Waals surface area contributed by atoms with E-state index in [1.807, 2.05) is 17.9 Å². The molecule has 1 heterocycles. The first kappa shape index (κ1) is 10.7. The fraction of sp³-hybridized carbons (Fsp3) is 0.750. The Morgan fingerprint density at radius 2 is 2.20 bits per heavy atom. The number of nitrogens with two attached hydrogens (primary N) is 1. The molecule has 1 unspecified atom stereocenters. The highest BCUT2D eigenvalue weighted by Gasteiger charge is 2.34. The fourth-order valence-corrected chi connectivity index (χ4v) is 2.63. The Labute approximate surface area is 91.7 Å². The van der Waals surface area contributed by atoms with Crippen LogP contribution in [0.1, 0.15) is 38.2 Å². The Morgan fingerprint density at radius 1 is 1.53 bits per heavy atom. The van der Waals surface area contributed by atoms with Gasteiger partial charge in [0.25, 0.3) is 0 Å². The van der Waals surface area contributed by atoms with Crippen molar-refractivity contribution in [3.8, 4) is 0 Å².